The number of esters is 1. The summed E-state index contributed by atoms with van der Waals surface area (Å²) >= 11 is 0. The van der Waals surface area contributed by atoms with Crippen molar-refractivity contribution >= 4 is 5.97 Å². The fourth-order valence-corrected chi connectivity index (χ4v) is 2.73. The van der Waals surface area contributed by atoms with Crippen LogP contribution in [0.2, 0.25) is 0 Å². The van der Waals surface area contributed by atoms with Crippen molar-refractivity contribution in [3.8, 4) is 17.2 Å². The molecule has 156 valence electrons. The van der Waals surface area contributed by atoms with Crippen molar-refractivity contribution in [3.05, 3.63) is 83.7 Å². The van der Waals surface area contributed by atoms with Crippen LogP contribution >= 0.6 is 0 Å². The third-order valence-corrected chi connectivity index (χ3v) is 4.40. The van der Waals surface area contributed by atoms with Crippen LogP contribution in [0.3, 0.4) is 0 Å². The fraction of sp³-hybridized carbons (Fsp3) is 0.250. The van der Waals surface area contributed by atoms with Crippen molar-refractivity contribution in [1.29, 1.82) is 0 Å². The minimum atomic E-state index is -0.756. The van der Waals surface area contributed by atoms with E-state index in [0.29, 0.717) is 23.6 Å². The van der Waals surface area contributed by atoms with Crippen LogP contribution in [0.1, 0.15) is 41.6 Å². The summed E-state index contributed by atoms with van der Waals surface area (Å²) in [5.41, 5.74) is 1.91. The zero-order valence-electron chi connectivity index (χ0n) is 17.3. The van der Waals surface area contributed by atoms with Crippen LogP contribution in [-0.4, -0.2) is 28.6 Å². The van der Waals surface area contributed by atoms with Crippen LogP contribution in [0.25, 0.3) is 0 Å². The Hall–Kier alpha value is -3.22. The number of pyridine rings is 1. The topological polar surface area (TPSA) is 80.7 Å². The summed E-state index contributed by atoms with van der Waals surface area (Å²) < 4.78 is 11.5. The number of hydrogen-bond donors (Lipinski definition) is 2. The molecular weight excluding hydrogens is 380 g/mol. The summed E-state index contributed by atoms with van der Waals surface area (Å²) in [5.74, 6) is 0.602. The molecule has 2 N–H and O–H groups in total. The fourth-order valence-electron chi connectivity index (χ4n) is 2.73. The number of aliphatic hydroxyl groups excluding tert-OH is 1. The van der Waals surface area contributed by atoms with Crippen LogP contribution < -0.4 is 14.8 Å². The molecule has 0 aliphatic rings. The van der Waals surface area contributed by atoms with Crippen molar-refractivity contribution < 1.29 is 19.4 Å². The number of aliphatic hydroxyl groups is 1. The van der Waals surface area contributed by atoms with Gasteiger partial charge in [0.05, 0.1) is 6.10 Å². The van der Waals surface area contributed by atoms with E-state index in [2.05, 4.69) is 10.3 Å². The molecule has 0 radical (unpaired) electrons. The monoisotopic (exact) mass is 406 g/mol. The summed E-state index contributed by atoms with van der Waals surface area (Å²) in [6.07, 6.45) is 0.769. The van der Waals surface area contributed by atoms with E-state index in [-0.39, 0.29) is 17.5 Å². The molecule has 0 fully saturated rings. The molecule has 1 atom stereocenters. The number of ether oxygens (including phenoxy) is 2. The Balaban J connectivity index is 1.88. The predicted octanol–water partition coefficient (Wildman–Crippen LogP) is 4.43. The first-order valence-electron chi connectivity index (χ1n) is 9.85. The molecule has 0 saturated carbocycles. The molecular formula is C24H26N2O4. The van der Waals surface area contributed by atoms with Crippen LogP contribution in [0.5, 0.6) is 17.2 Å². The molecule has 0 spiro atoms. The number of nitrogens with zero attached hydrogens (tertiary/aromatic N) is 1. The molecule has 0 amide bonds. The highest BCUT2D eigenvalue weighted by atomic mass is 16.6. The van der Waals surface area contributed by atoms with E-state index < -0.39 is 12.1 Å². The van der Waals surface area contributed by atoms with Crippen LogP contribution in [0.15, 0.2) is 66.9 Å². The average molecular weight is 406 g/mol. The van der Waals surface area contributed by atoms with E-state index in [1.54, 1.807) is 36.4 Å². The first-order valence-corrected chi connectivity index (χ1v) is 9.85. The van der Waals surface area contributed by atoms with Gasteiger partial charge in [-0.2, -0.15) is 0 Å². The number of rotatable bonds is 8. The zero-order chi connectivity index (χ0) is 21.5. The third-order valence-electron chi connectivity index (χ3n) is 4.40. The van der Waals surface area contributed by atoms with Crippen molar-refractivity contribution in [2.75, 3.05) is 6.54 Å². The van der Waals surface area contributed by atoms with Gasteiger partial charge in [0, 0.05) is 18.8 Å². The van der Waals surface area contributed by atoms with E-state index in [1.807, 2.05) is 45.0 Å². The van der Waals surface area contributed by atoms with Gasteiger partial charge in [0.15, 0.2) is 11.5 Å². The van der Waals surface area contributed by atoms with Gasteiger partial charge in [-0.3, -0.25) is 0 Å². The SMILES string of the molecule is Cc1ccc(Oc2ccc(C(O)CNC(C)C)cc2OC(=O)c2ccccn2)cc1. The number of carbonyl (C=O) groups is 1. The highest BCUT2D eigenvalue weighted by Gasteiger charge is 2.17. The van der Waals surface area contributed by atoms with Gasteiger partial charge >= 0.3 is 5.97 Å². The van der Waals surface area contributed by atoms with E-state index in [1.165, 1.54) is 6.20 Å². The Bertz CT molecular complexity index is 972. The molecule has 0 saturated heterocycles. The molecule has 1 unspecified atom stereocenters. The molecule has 6 heteroatoms. The van der Waals surface area contributed by atoms with Gasteiger partial charge in [-0.25, -0.2) is 9.78 Å². The summed E-state index contributed by atoms with van der Waals surface area (Å²) in [5, 5.41) is 13.7. The molecule has 0 aliphatic carbocycles. The smallest absolute Gasteiger partial charge is 0.362 e. The first-order chi connectivity index (χ1) is 14.4. The lowest BCUT2D eigenvalue weighted by molar-refractivity contribution is 0.0723. The van der Waals surface area contributed by atoms with Gasteiger partial charge in [0.2, 0.25) is 0 Å². The number of aryl methyl sites for hydroxylation is 1. The lowest BCUT2D eigenvalue weighted by atomic mass is 10.1. The third kappa shape index (κ3) is 5.89. The maximum Gasteiger partial charge on any atom is 0.362 e. The van der Waals surface area contributed by atoms with Crippen LogP contribution in [0.4, 0.5) is 0 Å². The molecule has 1 aromatic heterocycles. The maximum atomic E-state index is 12.5. The van der Waals surface area contributed by atoms with Gasteiger partial charge in [0.25, 0.3) is 0 Å². The highest BCUT2D eigenvalue weighted by molar-refractivity contribution is 5.89. The normalized spacial score (nSPS) is 11.9. The summed E-state index contributed by atoms with van der Waals surface area (Å²) in [6.45, 7) is 6.38. The van der Waals surface area contributed by atoms with Gasteiger partial charge < -0.3 is 19.9 Å². The predicted molar refractivity (Wildman–Crippen MR) is 115 cm³/mol. The van der Waals surface area contributed by atoms with Gasteiger partial charge in [0.1, 0.15) is 11.4 Å². The van der Waals surface area contributed by atoms with Gasteiger partial charge in [-0.05, 0) is 48.9 Å². The lowest BCUT2D eigenvalue weighted by Gasteiger charge is -2.17. The molecule has 0 bridgehead atoms. The number of carbonyl (C=O) groups excluding carboxylic acids is 1. The summed E-state index contributed by atoms with van der Waals surface area (Å²) in [6, 6.07) is 17.9. The van der Waals surface area contributed by atoms with Crippen LogP contribution in [-0.2, 0) is 0 Å². The van der Waals surface area contributed by atoms with Crippen molar-refractivity contribution in [1.82, 2.24) is 10.3 Å². The number of hydrogen-bond acceptors (Lipinski definition) is 6. The van der Waals surface area contributed by atoms with Crippen molar-refractivity contribution in [2.45, 2.75) is 32.9 Å². The second kappa shape index (κ2) is 10.0. The molecule has 1 heterocycles. The van der Waals surface area contributed by atoms with E-state index in [4.69, 9.17) is 9.47 Å². The molecule has 6 nitrogen and oxygen atoms in total. The molecule has 3 rings (SSSR count). The highest BCUT2D eigenvalue weighted by Crippen LogP contribution is 2.34. The molecule has 3 aromatic rings. The first kappa shape index (κ1) is 21.5. The van der Waals surface area contributed by atoms with E-state index >= 15 is 0 Å². The average Bonchev–Trinajstić information content (AvgIpc) is 2.75. The minimum absolute atomic E-state index is 0.186. The lowest BCUT2D eigenvalue weighted by Crippen LogP contribution is -2.27. The quantitative estimate of drug-likeness (QED) is 0.425. The Kier molecular flexibility index (Phi) is 7.17. The van der Waals surface area contributed by atoms with E-state index in [9.17, 15) is 9.90 Å². The van der Waals surface area contributed by atoms with Crippen molar-refractivity contribution in [3.63, 3.8) is 0 Å². The molecule has 0 aliphatic heterocycles. The molecule has 2 aromatic carbocycles. The molecule has 30 heavy (non-hydrogen) atoms. The minimum Gasteiger partial charge on any atom is -0.453 e. The Labute approximate surface area is 176 Å². The number of aromatic nitrogens is 1. The summed E-state index contributed by atoms with van der Waals surface area (Å²) in [4.78, 5) is 16.6. The summed E-state index contributed by atoms with van der Waals surface area (Å²) in [7, 11) is 0. The zero-order valence-corrected chi connectivity index (χ0v) is 17.3. The number of nitrogens with one attached hydrogen (secondary N) is 1. The Morgan fingerprint density at radius 2 is 1.83 bits per heavy atom. The van der Waals surface area contributed by atoms with Gasteiger partial charge in [-0.1, -0.05) is 43.7 Å². The second-order valence-electron chi connectivity index (χ2n) is 7.30. The maximum absolute atomic E-state index is 12.5. The Morgan fingerprint density at radius 3 is 2.50 bits per heavy atom. The standard InChI is InChI=1S/C24H26N2O4/c1-16(2)26-15-21(27)18-9-12-22(29-19-10-7-17(3)8-11-19)23(14-18)30-24(28)20-6-4-5-13-25-20/h4-14,16,21,26-27H,15H2,1-3H3. The Morgan fingerprint density at radius 1 is 1.07 bits per heavy atom. The van der Waals surface area contributed by atoms with Gasteiger partial charge in [-0.15, -0.1) is 0 Å². The second-order valence-corrected chi connectivity index (χ2v) is 7.30. The number of benzene rings is 2. The largest absolute Gasteiger partial charge is 0.453 e. The van der Waals surface area contributed by atoms with E-state index in [0.717, 1.165) is 5.56 Å². The van der Waals surface area contributed by atoms with Crippen molar-refractivity contribution in [2.24, 2.45) is 0 Å². The van der Waals surface area contributed by atoms with Crippen LogP contribution in [0, 0.1) is 6.92 Å².